The van der Waals surface area contributed by atoms with E-state index in [0.717, 1.165) is 6.04 Å². The molecule has 9 heavy (non-hydrogen) atoms. The van der Waals surface area contributed by atoms with Gasteiger partial charge in [0.05, 0.1) is 0 Å². The van der Waals surface area contributed by atoms with Crippen LogP contribution in [0.1, 0.15) is 32.6 Å². The van der Waals surface area contributed by atoms with Gasteiger partial charge in [-0.3, -0.25) is 7.05 Å². The summed E-state index contributed by atoms with van der Waals surface area (Å²) in [7, 11) is 3.98. The van der Waals surface area contributed by atoms with Crippen LogP contribution in [-0.2, 0) is 0 Å². The summed E-state index contributed by atoms with van der Waals surface area (Å²) in [5.74, 6) is 0. The Morgan fingerprint density at radius 1 is 1.56 bits per heavy atom. The van der Waals surface area contributed by atoms with Crippen LogP contribution in [0, 0.1) is 7.05 Å². The Labute approximate surface area is 58.0 Å². The van der Waals surface area contributed by atoms with Gasteiger partial charge in [0.25, 0.3) is 0 Å². The van der Waals surface area contributed by atoms with Crippen LogP contribution in [0.5, 0.6) is 0 Å². The van der Waals surface area contributed by atoms with E-state index in [1.165, 1.54) is 32.2 Å². The van der Waals surface area contributed by atoms with Crippen LogP contribution >= 0.6 is 0 Å². The molecule has 0 radical (unpaired) electrons. The van der Waals surface area contributed by atoms with E-state index in [9.17, 15) is 0 Å². The first-order chi connectivity index (χ1) is 4.34. The van der Waals surface area contributed by atoms with Gasteiger partial charge in [0, 0.05) is 0 Å². The van der Waals surface area contributed by atoms with E-state index in [-0.39, 0.29) is 0 Å². The summed E-state index contributed by atoms with van der Waals surface area (Å²) in [5, 5.41) is 0. The van der Waals surface area contributed by atoms with Crippen molar-refractivity contribution in [3.8, 4) is 0 Å². The molecule has 1 unspecified atom stereocenters. The Balaban J connectivity index is 2.30. The number of hydrogen-bond donors (Lipinski definition) is 0. The highest BCUT2D eigenvalue weighted by molar-refractivity contribution is 4.74. The molecule has 0 aliphatic carbocycles. The molecule has 1 nitrogen and oxygen atoms in total. The summed E-state index contributed by atoms with van der Waals surface area (Å²) < 4.78 is 0. The van der Waals surface area contributed by atoms with Gasteiger partial charge in [0.15, 0.2) is 0 Å². The second kappa shape index (κ2) is 3.21. The van der Waals surface area contributed by atoms with E-state index in [1.807, 2.05) is 0 Å². The number of likely N-dealkylation sites (tertiary alicyclic amines) is 1. The van der Waals surface area contributed by atoms with Crippen LogP contribution in [0.2, 0.25) is 0 Å². The van der Waals surface area contributed by atoms with E-state index in [1.54, 1.807) is 0 Å². The topological polar surface area (TPSA) is 3.24 Å². The van der Waals surface area contributed by atoms with E-state index in [4.69, 9.17) is 0 Å². The first-order valence-corrected chi connectivity index (χ1v) is 3.91. The summed E-state index contributed by atoms with van der Waals surface area (Å²) in [6, 6.07) is 0.777. The largest absolute Gasteiger partial charge is 0.457 e. The highest BCUT2D eigenvalue weighted by Crippen LogP contribution is 2.17. The van der Waals surface area contributed by atoms with Gasteiger partial charge in [-0.25, -0.2) is 0 Å². The standard InChI is InChI=1S/C8H16N/c1-3-8-6-4-5-7-9(8)2/h8H,2-7H2,1H3/q-1. The lowest BCUT2D eigenvalue weighted by molar-refractivity contribution is 0.204. The zero-order valence-corrected chi connectivity index (χ0v) is 6.27. The average Bonchev–Trinajstić information content (AvgIpc) is 1.89. The smallest absolute Gasteiger partial charge is 0.0187 e. The van der Waals surface area contributed by atoms with Crippen molar-refractivity contribution in [1.82, 2.24) is 4.90 Å². The van der Waals surface area contributed by atoms with Crippen LogP contribution in [0.25, 0.3) is 0 Å². The van der Waals surface area contributed by atoms with Crippen LogP contribution in [0.15, 0.2) is 0 Å². The summed E-state index contributed by atoms with van der Waals surface area (Å²) in [4.78, 5) is 2.24. The third-order valence-electron chi connectivity index (χ3n) is 2.22. The molecule has 54 valence electrons. The zero-order valence-electron chi connectivity index (χ0n) is 6.27. The zero-order chi connectivity index (χ0) is 6.69. The molecule has 1 aliphatic rings. The number of nitrogens with zero attached hydrogens (tertiary/aromatic N) is 1. The average molecular weight is 126 g/mol. The Hall–Kier alpha value is -0.0400. The minimum absolute atomic E-state index is 0.777. The van der Waals surface area contributed by atoms with Crippen molar-refractivity contribution < 1.29 is 0 Å². The molecule has 1 aliphatic heterocycles. The summed E-state index contributed by atoms with van der Waals surface area (Å²) in [6.45, 7) is 3.45. The van der Waals surface area contributed by atoms with Gasteiger partial charge in [-0.15, -0.1) is 0 Å². The molecule has 0 amide bonds. The normalized spacial score (nSPS) is 30.7. The fraction of sp³-hybridized carbons (Fsp3) is 0.875. The Bertz CT molecular complexity index is 80.6. The summed E-state index contributed by atoms with van der Waals surface area (Å²) >= 11 is 0. The van der Waals surface area contributed by atoms with Gasteiger partial charge in [0.2, 0.25) is 0 Å². The molecule has 1 saturated heterocycles. The van der Waals surface area contributed by atoms with Crippen molar-refractivity contribution in [1.29, 1.82) is 0 Å². The Kier molecular flexibility index (Phi) is 2.52. The van der Waals surface area contributed by atoms with Crippen molar-refractivity contribution >= 4 is 0 Å². The predicted octanol–water partition coefficient (Wildman–Crippen LogP) is 2.04. The second-order valence-electron chi connectivity index (χ2n) is 2.87. The predicted molar refractivity (Wildman–Crippen MR) is 40.0 cm³/mol. The maximum atomic E-state index is 3.98. The lowest BCUT2D eigenvalue weighted by Gasteiger charge is -2.38. The fourth-order valence-corrected chi connectivity index (χ4v) is 1.52. The van der Waals surface area contributed by atoms with Gasteiger partial charge in [-0.2, -0.15) is 0 Å². The second-order valence-corrected chi connectivity index (χ2v) is 2.87. The number of hydrogen-bond acceptors (Lipinski definition) is 1. The third-order valence-corrected chi connectivity index (χ3v) is 2.22. The van der Waals surface area contributed by atoms with Gasteiger partial charge >= 0.3 is 0 Å². The quantitative estimate of drug-likeness (QED) is 0.486. The van der Waals surface area contributed by atoms with Crippen LogP contribution in [0.3, 0.4) is 0 Å². The van der Waals surface area contributed by atoms with Gasteiger partial charge in [0.1, 0.15) is 0 Å². The minimum Gasteiger partial charge on any atom is -0.457 e. The Morgan fingerprint density at radius 2 is 2.33 bits per heavy atom. The minimum atomic E-state index is 0.777. The van der Waals surface area contributed by atoms with Gasteiger partial charge < -0.3 is 4.90 Å². The molecule has 0 aromatic heterocycles. The highest BCUT2D eigenvalue weighted by Gasteiger charge is 2.11. The lowest BCUT2D eigenvalue weighted by atomic mass is 10.0. The molecular formula is C8H16N-. The maximum absolute atomic E-state index is 3.98. The lowest BCUT2D eigenvalue weighted by Crippen LogP contribution is -2.33. The van der Waals surface area contributed by atoms with E-state index >= 15 is 0 Å². The number of piperidine rings is 1. The first kappa shape index (κ1) is 7.07. The van der Waals surface area contributed by atoms with Crippen molar-refractivity contribution in [2.75, 3.05) is 6.54 Å². The molecule has 1 rings (SSSR count). The van der Waals surface area contributed by atoms with Crippen molar-refractivity contribution in [3.63, 3.8) is 0 Å². The highest BCUT2D eigenvalue weighted by atomic mass is 15.1. The molecular weight excluding hydrogens is 110 g/mol. The third kappa shape index (κ3) is 1.68. The Morgan fingerprint density at radius 3 is 2.78 bits per heavy atom. The van der Waals surface area contributed by atoms with Crippen molar-refractivity contribution in [2.24, 2.45) is 0 Å². The molecule has 1 fully saturated rings. The van der Waals surface area contributed by atoms with Crippen LogP contribution < -0.4 is 0 Å². The molecule has 0 bridgehead atoms. The summed E-state index contributed by atoms with van der Waals surface area (Å²) in [6.07, 6.45) is 5.38. The molecule has 0 aromatic carbocycles. The van der Waals surface area contributed by atoms with Gasteiger partial charge in [-0.1, -0.05) is 13.3 Å². The van der Waals surface area contributed by atoms with Crippen molar-refractivity contribution in [3.05, 3.63) is 7.05 Å². The molecule has 0 N–H and O–H groups in total. The van der Waals surface area contributed by atoms with Crippen molar-refractivity contribution in [2.45, 2.75) is 38.6 Å². The number of rotatable bonds is 1. The van der Waals surface area contributed by atoms with Crippen LogP contribution in [0.4, 0.5) is 0 Å². The fourth-order valence-electron chi connectivity index (χ4n) is 1.52. The maximum Gasteiger partial charge on any atom is -0.0187 e. The molecule has 1 heteroatoms. The molecule has 1 atom stereocenters. The summed E-state index contributed by atoms with van der Waals surface area (Å²) in [5.41, 5.74) is 0. The molecule has 0 spiro atoms. The van der Waals surface area contributed by atoms with E-state index < -0.39 is 0 Å². The first-order valence-electron chi connectivity index (χ1n) is 3.91. The monoisotopic (exact) mass is 126 g/mol. The van der Waals surface area contributed by atoms with E-state index in [2.05, 4.69) is 18.9 Å². The van der Waals surface area contributed by atoms with E-state index in [0.29, 0.717) is 0 Å². The SMILES string of the molecule is [CH2-]N1CCCCC1CC. The molecule has 0 saturated carbocycles. The molecule has 1 heterocycles. The van der Waals surface area contributed by atoms with Crippen LogP contribution in [-0.4, -0.2) is 17.5 Å². The molecule has 0 aromatic rings. The van der Waals surface area contributed by atoms with Gasteiger partial charge in [-0.05, 0) is 31.8 Å².